The number of carbonyl (C=O) groups excluding carboxylic acids is 1. The maximum absolute atomic E-state index is 12.4. The van der Waals surface area contributed by atoms with Crippen LogP contribution in [0.25, 0.3) is 4.96 Å². The van der Waals surface area contributed by atoms with Crippen molar-refractivity contribution in [2.45, 2.75) is 13.0 Å². The number of methoxy groups -OCH3 is 1. The van der Waals surface area contributed by atoms with Crippen molar-refractivity contribution in [2.75, 3.05) is 13.7 Å². The highest BCUT2D eigenvalue weighted by Gasteiger charge is 2.27. The number of imidazole rings is 1. The lowest BCUT2D eigenvalue weighted by Gasteiger charge is -2.25. The molecule has 0 fully saturated rings. The summed E-state index contributed by atoms with van der Waals surface area (Å²) in [6.45, 7) is 0.784. The SMILES string of the molecule is COc1cccc2c1OC[C@H](C(=O)NCc1cn3ccsc3n1)C2. The van der Waals surface area contributed by atoms with Crippen LogP contribution in [0, 0.1) is 5.92 Å². The predicted octanol–water partition coefficient (Wildman–Crippen LogP) is 2.27. The standard InChI is InChI=1S/C17H17N3O3S/c1-22-14-4-2-3-11-7-12(10-23-15(11)14)16(21)18-8-13-9-20-5-6-24-17(20)19-13/h2-6,9,12H,7-8,10H2,1H3,(H,18,21)/t12-/m1/s1. The van der Waals surface area contributed by atoms with Crippen LogP contribution in [0.2, 0.25) is 0 Å². The number of benzene rings is 1. The number of para-hydroxylation sites is 1. The maximum Gasteiger partial charge on any atom is 0.227 e. The third kappa shape index (κ3) is 2.71. The van der Waals surface area contributed by atoms with Crippen molar-refractivity contribution in [3.8, 4) is 11.5 Å². The molecule has 24 heavy (non-hydrogen) atoms. The zero-order valence-electron chi connectivity index (χ0n) is 13.2. The fraction of sp³-hybridized carbons (Fsp3) is 0.294. The average molecular weight is 343 g/mol. The maximum atomic E-state index is 12.4. The summed E-state index contributed by atoms with van der Waals surface area (Å²) < 4.78 is 13.0. The van der Waals surface area contributed by atoms with E-state index >= 15 is 0 Å². The monoisotopic (exact) mass is 343 g/mol. The second kappa shape index (κ2) is 6.16. The molecular formula is C17H17N3O3S. The molecule has 6 nitrogen and oxygen atoms in total. The van der Waals surface area contributed by atoms with Crippen molar-refractivity contribution in [3.05, 3.63) is 47.2 Å². The Labute approximate surface area is 143 Å². The zero-order valence-corrected chi connectivity index (χ0v) is 14.0. The van der Waals surface area contributed by atoms with Gasteiger partial charge < -0.3 is 14.8 Å². The minimum absolute atomic E-state index is 0.0141. The summed E-state index contributed by atoms with van der Waals surface area (Å²) >= 11 is 1.57. The highest BCUT2D eigenvalue weighted by molar-refractivity contribution is 7.15. The van der Waals surface area contributed by atoms with Gasteiger partial charge in [0, 0.05) is 17.8 Å². The fourth-order valence-corrected chi connectivity index (χ4v) is 3.63. The first-order chi connectivity index (χ1) is 11.7. The molecule has 0 spiro atoms. The number of hydrogen-bond donors (Lipinski definition) is 1. The van der Waals surface area contributed by atoms with Crippen LogP contribution in [0.1, 0.15) is 11.3 Å². The van der Waals surface area contributed by atoms with E-state index < -0.39 is 0 Å². The van der Waals surface area contributed by atoms with E-state index in [0.29, 0.717) is 25.3 Å². The minimum Gasteiger partial charge on any atom is -0.493 e. The van der Waals surface area contributed by atoms with Gasteiger partial charge >= 0.3 is 0 Å². The third-order valence-electron chi connectivity index (χ3n) is 4.13. The van der Waals surface area contributed by atoms with Gasteiger partial charge in [-0.1, -0.05) is 12.1 Å². The molecule has 1 N–H and O–H groups in total. The molecule has 0 unspecified atom stereocenters. The normalized spacial score (nSPS) is 16.5. The Hall–Kier alpha value is -2.54. The summed E-state index contributed by atoms with van der Waals surface area (Å²) in [6.07, 6.45) is 4.54. The van der Waals surface area contributed by atoms with E-state index in [0.717, 1.165) is 22.0 Å². The molecule has 1 aliphatic rings. The lowest BCUT2D eigenvalue weighted by molar-refractivity contribution is -0.126. The summed E-state index contributed by atoms with van der Waals surface area (Å²) in [6, 6.07) is 5.75. The molecule has 3 aromatic rings. The van der Waals surface area contributed by atoms with Gasteiger partial charge in [0.1, 0.15) is 6.61 Å². The predicted molar refractivity (Wildman–Crippen MR) is 90.6 cm³/mol. The Kier molecular flexibility index (Phi) is 3.86. The van der Waals surface area contributed by atoms with Gasteiger partial charge in [-0.05, 0) is 18.1 Å². The van der Waals surface area contributed by atoms with Crippen LogP contribution in [0.4, 0.5) is 0 Å². The smallest absolute Gasteiger partial charge is 0.227 e. The molecule has 124 valence electrons. The summed E-state index contributed by atoms with van der Waals surface area (Å²) in [5, 5.41) is 4.94. The number of rotatable bonds is 4. The van der Waals surface area contributed by atoms with Gasteiger partial charge in [0.15, 0.2) is 16.5 Å². The summed E-state index contributed by atoms with van der Waals surface area (Å²) in [7, 11) is 1.62. The molecule has 0 saturated carbocycles. The Morgan fingerprint density at radius 3 is 3.29 bits per heavy atom. The Morgan fingerprint density at radius 1 is 1.54 bits per heavy atom. The van der Waals surface area contributed by atoms with Crippen LogP contribution in [-0.2, 0) is 17.8 Å². The quantitative estimate of drug-likeness (QED) is 0.789. The van der Waals surface area contributed by atoms with Crippen LogP contribution in [0.5, 0.6) is 11.5 Å². The number of carbonyl (C=O) groups is 1. The van der Waals surface area contributed by atoms with Gasteiger partial charge in [-0.2, -0.15) is 0 Å². The fourth-order valence-electron chi connectivity index (χ4n) is 2.91. The first-order valence-electron chi connectivity index (χ1n) is 7.72. The number of fused-ring (bicyclic) bond motifs is 2. The van der Waals surface area contributed by atoms with Crippen molar-refractivity contribution < 1.29 is 14.3 Å². The highest BCUT2D eigenvalue weighted by atomic mass is 32.1. The van der Waals surface area contributed by atoms with E-state index in [4.69, 9.17) is 9.47 Å². The molecule has 0 aliphatic carbocycles. The van der Waals surface area contributed by atoms with E-state index in [9.17, 15) is 4.79 Å². The Bertz CT molecular complexity index is 858. The lowest BCUT2D eigenvalue weighted by atomic mass is 9.95. The van der Waals surface area contributed by atoms with Crippen molar-refractivity contribution in [1.29, 1.82) is 0 Å². The first-order valence-corrected chi connectivity index (χ1v) is 8.60. The molecule has 1 amide bonds. The van der Waals surface area contributed by atoms with Gasteiger partial charge in [-0.3, -0.25) is 9.20 Å². The van der Waals surface area contributed by atoms with Crippen molar-refractivity contribution in [3.63, 3.8) is 0 Å². The Morgan fingerprint density at radius 2 is 2.46 bits per heavy atom. The summed E-state index contributed by atoms with van der Waals surface area (Å²) in [5.74, 6) is 1.25. The molecule has 3 heterocycles. The van der Waals surface area contributed by atoms with Crippen LogP contribution in [0.3, 0.4) is 0 Å². The van der Waals surface area contributed by atoms with Crippen LogP contribution < -0.4 is 14.8 Å². The van der Waals surface area contributed by atoms with Crippen molar-refractivity contribution >= 4 is 22.2 Å². The molecule has 7 heteroatoms. The zero-order chi connectivity index (χ0) is 16.5. The topological polar surface area (TPSA) is 64.9 Å². The van der Waals surface area contributed by atoms with Crippen LogP contribution >= 0.6 is 11.3 Å². The molecule has 0 bridgehead atoms. The third-order valence-corrected chi connectivity index (χ3v) is 4.90. The van der Waals surface area contributed by atoms with E-state index in [1.807, 2.05) is 40.4 Å². The average Bonchev–Trinajstić information content (AvgIpc) is 3.20. The molecule has 1 aromatic carbocycles. The van der Waals surface area contributed by atoms with Gasteiger partial charge in [0.2, 0.25) is 5.91 Å². The lowest BCUT2D eigenvalue weighted by Crippen LogP contribution is -2.37. The van der Waals surface area contributed by atoms with E-state index in [-0.39, 0.29) is 11.8 Å². The van der Waals surface area contributed by atoms with Crippen molar-refractivity contribution in [2.24, 2.45) is 5.92 Å². The van der Waals surface area contributed by atoms with Gasteiger partial charge in [0.25, 0.3) is 0 Å². The number of thiazole rings is 1. The number of amides is 1. The summed E-state index contributed by atoms with van der Waals surface area (Å²) in [4.78, 5) is 17.8. The van der Waals surface area contributed by atoms with E-state index in [1.165, 1.54) is 0 Å². The number of ether oxygens (including phenoxy) is 2. The highest BCUT2D eigenvalue weighted by Crippen LogP contribution is 2.36. The molecule has 4 rings (SSSR count). The number of aromatic nitrogens is 2. The minimum atomic E-state index is -0.201. The molecular weight excluding hydrogens is 326 g/mol. The van der Waals surface area contributed by atoms with Gasteiger partial charge in [0.05, 0.1) is 25.3 Å². The molecule has 2 aromatic heterocycles. The van der Waals surface area contributed by atoms with E-state index in [1.54, 1.807) is 18.4 Å². The Balaban J connectivity index is 1.41. The second-order valence-corrected chi connectivity index (χ2v) is 6.58. The van der Waals surface area contributed by atoms with Crippen LogP contribution in [0.15, 0.2) is 36.0 Å². The van der Waals surface area contributed by atoms with Gasteiger partial charge in [-0.25, -0.2) is 4.98 Å². The summed E-state index contributed by atoms with van der Waals surface area (Å²) in [5.41, 5.74) is 1.86. The second-order valence-electron chi connectivity index (χ2n) is 5.70. The van der Waals surface area contributed by atoms with E-state index in [2.05, 4.69) is 10.3 Å². The molecule has 1 aliphatic heterocycles. The largest absolute Gasteiger partial charge is 0.493 e. The first kappa shape index (κ1) is 15.0. The van der Waals surface area contributed by atoms with Crippen molar-refractivity contribution in [1.82, 2.24) is 14.7 Å². The number of nitrogens with one attached hydrogen (secondary N) is 1. The molecule has 0 saturated heterocycles. The molecule has 1 atom stereocenters. The number of nitrogens with zero attached hydrogens (tertiary/aromatic N) is 2. The van der Waals surface area contributed by atoms with Gasteiger partial charge in [-0.15, -0.1) is 11.3 Å². The molecule has 0 radical (unpaired) electrons. The number of hydrogen-bond acceptors (Lipinski definition) is 5. The van der Waals surface area contributed by atoms with Crippen LogP contribution in [-0.4, -0.2) is 29.0 Å².